The highest BCUT2D eigenvalue weighted by molar-refractivity contribution is 6.00. The summed E-state index contributed by atoms with van der Waals surface area (Å²) in [5, 5.41) is 16.4. The van der Waals surface area contributed by atoms with E-state index in [0.717, 1.165) is 17.8 Å². The van der Waals surface area contributed by atoms with E-state index in [1.807, 2.05) is 6.92 Å². The molecule has 0 saturated carbocycles. The fourth-order valence-electron chi connectivity index (χ4n) is 4.07. The molecular formula is C22H29N5O4. The summed E-state index contributed by atoms with van der Waals surface area (Å²) in [5.74, 6) is -0.881. The summed E-state index contributed by atoms with van der Waals surface area (Å²) in [4.78, 5) is 35.7. The van der Waals surface area contributed by atoms with Gasteiger partial charge in [-0.1, -0.05) is 13.8 Å². The molecule has 31 heavy (non-hydrogen) atoms. The highest BCUT2D eigenvalue weighted by Crippen LogP contribution is 2.37. The first kappa shape index (κ1) is 22.5. The third-order valence-corrected chi connectivity index (χ3v) is 5.50. The normalized spacial score (nSPS) is 14.8. The maximum absolute atomic E-state index is 12.7. The van der Waals surface area contributed by atoms with Crippen LogP contribution in [-0.2, 0) is 11.2 Å². The van der Waals surface area contributed by atoms with Crippen molar-refractivity contribution in [3.8, 4) is 5.69 Å². The number of hydrogen-bond donors (Lipinski definition) is 4. The van der Waals surface area contributed by atoms with Gasteiger partial charge < -0.3 is 11.1 Å². The van der Waals surface area contributed by atoms with Gasteiger partial charge in [-0.15, -0.1) is 0 Å². The van der Waals surface area contributed by atoms with E-state index < -0.39 is 11.8 Å². The van der Waals surface area contributed by atoms with Gasteiger partial charge in [0.2, 0.25) is 5.91 Å². The Balaban J connectivity index is 1.88. The van der Waals surface area contributed by atoms with Crippen LogP contribution in [0.3, 0.4) is 0 Å². The molecule has 1 aliphatic carbocycles. The average Bonchev–Trinajstić information content (AvgIpc) is 3.02. The van der Waals surface area contributed by atoms with Crippen LogP contribution in [0.5, 0.6) is 0 Å². The van der Waals surface area contributed by atoms with E-state index in [1.54, 1.807) is 28.4 Å². The number of carbonyl (C=O) groups excluding carboxylic acids is 3. The van der Waals surface area contributed by atoms with E-state index in [9.17, 15) is 14.4 Å². The summed E-state index contributed by atoms with van der Waals surface area (Å²) in [6, 6.07) is 5.23. The molecule has 0 unspecified atom stereocenters. The van der Waals surface area contributed by atoms with Gasteiger partial charge in [0, 0.05) is 25.1 Å². The van der Waals surface area contributed by atoms with Crippen LogP contribution in [-0.4, -0.2) is 39.1 Å². The molecule has 166 valence electrons. The van der Waals surface area contributed by atoms with Gasteiger partial charge in [-0.3, -0.25) is 19.6 Å². The van der Waals surface area contributed by atoms with Crippen LogP contribution in [0.2, 0.25) is 0 Å². The van der Waals surface area contributed by atoms with Crippen molar-refractivity contribution in [2.24, 2.45) is 11.1 Å². The Hall–Kier alpha value is -3.20. The van der Waals surface area contributed by atoms with Crippen LogP contribution in [0.15, 0.2) is 18.2 Å². The van der Waals surface area contributed by atoms with Gasteiger partial charge in [0.05, 0.1) is 28.2 Å². The summed E-state index contributed by atoms with van der Waals surface area (Å²) in [6.07, 6.45) is 2.67. The van der Waals surface area contributed by atoms with Crippen molar-refractivity contribution in [3.05, 3.63) is 40.7 Å². The number of hydrogen-bond acceptors (Lipinski definition) is 6. The van der Waals surface area contributed by atoms with Crippen LogP contribution in [0.4, 0.5) is 5.69 Å². The Morgan fingerprint density at radius 1 is 1.26 bits per heavy atom. The van der Waals surface area contributed by atoms with Crippen LogP contribution in [0.1, 0.15) is 71.6 Å². The lowest BCUT2D eigenvalue weighted by atomic mass is 9.75. The largest absolute Gasteiger partial charge is 0.384 e. The first-order chi connectivity index (χ1) is 14.6. The topological polar surface area (TPSA) is 139 Å². The minimum atomic E-state index is -0.552. The number of nitrogens with two attached hydrogens (primary N) is 1. The molecule has 1 aliphatic rings. The zero-order valence-corrected chi connectivity index (χ0v) is 18.1. The molecule has 0 spiro atoms. The number of anilines is 1. The Morgan fingerprint density at radius 3 is 2.68 bits per heavy atom. The monoisotopic (exact) mass is 427 g/mol. The molecule has 0 fully saturated rings. The molecule has 5 N–H and O–H groups in total. The number of aromatic nitrogens is 2. The molecular weight excluding hydrogens is 398 g/mol. The number of unbranched alkanes of at least 4 members (excludes halogenated alkanes) is 1. The molecule has 0 saturated heterocycles. The molecule has 2 amide bonds. The number of Topliss-reactive ketones (excluding diaryl/α,β-unsaturated/α-hetero) is 1. The quantitative estimate of drug-likeness (QED) is 0.290. The fraction of sp³-hybridized carbons (Fsp3) is 0.455. The summed E-state index contributed by atoms with van der Waals surface area (Å²) >= 11 is 0. The number of aryl methyl sites for hydroxylation is 1. The standard InChI is InChI=1S/C22H29N5O4/c1-13-20-17(11-22(2,3)12-18(20)28)27(25-13)14-7-8-15(21(23)30)16(10-14)24-9-5-4-6-19(29)26-31/h7-8,10,24,31H,4-6,9,11-12H2,1-3H3,(H2,23,30)(H,26,29). The third kappa shape index (κ3) is 4.93. The molecule has 2 aromatic rings. The highest BCUT2D eigenvalue weighted by Gasteiger charge is 2.35. The predicted molar refractivity (Wildman–Crippen MR) is 116 cm³/mol. The zero-order chi connectivity index (χ0) is 22.8. The van der Waals surface area contributed by atoms with Crippen LogP contribution < -0.4 is 16.5 Å². The minimum absolute atomic E-state index is 0.106. The predicted octanol–water partition coefficient (Wildman–Crippen LogP) is 2.52. The van der Waals surface area contributed by atoms with E-state index >= 15 is 0 Å². The number of nitrogens with zero attached hydrogens (tertiary/aromatic N) is 2. The number of carbonyl (C=O) groups is 3. The Bertz CT molecular complexity index is 1030. The molecule has 1 aromatic carbocycles. The lowest BCUT2D eigenvalue weighted by Crippen LogP contribution is -2.28. The van der Waals surface area contributed by atoms with Crippen LogP contribution >= 0.6 is 0 Å². The second kappa shape index (κ2) is 8.89. The Kier molecular flexibility index (Phi) is 6.45. The summed E-state index contributed by atoms with van der Waals surface area (Å²) in [6.45, 7) is 6.50. The third-order valence-electron chi connectivity index (χ3n) is 5.50. The lowest BCUT2D eigenvalue weighted by Gasteiger charge is -2.29. The number of amides is 2. The molecule has 9 nitrogen and oxygen atoms in total. The number of rotatable bonds is 8. The maximum Gasteiger partial charge on any atom is 0.250 e. The number of benzene rings is 1. The number of hydroxylamine groups is 1. The molecule has 1 aromatic heterocycles. The van der Waals surface area contributed by atoms with Crippen molar-refractivity contribution < 1.29 is 19.6 Å². The number of nitrogens with one attached hydrogen (secondary N) is 2. The smallest absolute Gasteiger partial charge is 0.250 e. The zero-order valence-electron chi connectivity index (χ0n) is 18.1. The average molecular weight is 428 g/mol. The molecule has 9 heteroatoms. The Labute approximate surface area is 181 Å². The van der Waals surface area contributed by atoms with E-state index in [1.165, 1.54) is 0 Å². The molecule has 0 bridgehead atoms. The Morgan fingerprint density at radius 2 is 2.00 bits per heavy atom. The molecule has 3 rings (SSSR count). The van der Waals surface area contributed by atoms with Crippen molar-refractivity contribution in [3.63, 3.8) is 0 Å². The fourth-order valence-corrected chi connectivity index (χ4v) is 4.07. The van der Waals surface area contributed by atoms with Crippen molar-refractivity contribution in [1.82, 2.24) is 15.3 Å². The maximum atomic E-state index is 12.7. The summed E-state index contributed by atoms with van der Waals surface area (Å²) < 4.78 is 1.78. The van der Waals surface area contributed by atoms with Gasteiger partial charge in [-0.2, -0.15) is 5.10 Å². The van der Waals surface area contributed by atoms with Crippen molar-refractivity contribution in [1.29, 1.82) is 0 Å². The number of primary amides is 1. The molecule has 0 radical (unpaired) electrons. The highest BCUT2D eigenvalue weighted by atomic mass is 16.5. The van der Waals surface area contributed by atoms with Gasteiger partial charge in [0.25, 0.3) is 5.91 Å². The van der Waals surface area contributed by atoms with Crippen LogP contribution in [0, 0.1) is 12.3 Å². The SMILES string of the molecule is Cc1nn(-c2ccc(C(N)=O)c(NCCCCC(=O)NO)c2)c2c1C(=O)CC(C)(C)C2. The molecule has 0 atom stereocenters. The van der Waals surface area contributed by atoms with Crippen molar-refractivity contribution in [2.45, 2.75) is 52.9 Å². The number of ketones is 1. The molecule has 1 heterocycles. The van der Waals surface area contributed by atoms with Crippen molar-refractivity contribution >= 4 is 23.3 Å². The van der Waals surface area contributed by atoms with Crippen LogP contribution in [0.25, 0.3) is 5.69 Å². The summed E-state index contributed by atoms with van der Waals surface area (Å²) in [7, 11) is 0. The van der Waals surface area contributed by atoms with Gasteiger partial charge in [-0.05, 0) is 49.8 Å². The van der Waals surface area contributed by atoms with E-state index in [0.29, 0.717) is 48.3 Å². The van der Waals surface area contributed by atoms with E-state index in [4.69, 9.17) is 10.9 Å². The molecule has 0 aliphatic heterocycles. The van der Waals surface area contributed by atoms with E-state index in [2.05, 4.69) is 24.3 Å². The second-order valence-corrected chi connectivity index (χ2v) is 8.77. The van der Waals surface area contributed by atoms with E-state index in [-0.39, 0.29) is 17.6 Å². The van der Waals surface area contributed by atoms with Gasteiger partial charge in [0.15, 0.2) is 5.78 Å². The van der Waals surface area contributed by atoms with Gasteiger partial charge in [0.1, 0.15) is 0 Å². The second-order valence-electron chi connectivity index (χ2n) is 8.77. The lowest BCUT2D eigenvalue weighted by molar-refractivity contribution is -0.129. The number of fused-ring (bicyclic) bond motifs is 1. The van der Waals surface area contributed by atoms with Gasteiger partial charge >= 0.3 is 0 Å². The first-order valence-corrected chi connectivity index (χ1v) is 10.4. The summed E-state index contributed by atoms with van der Waals surface area (Å²) in [5.41, 5.74) is 10.9. The first-order valence-electron chi connectivity index (χ1n) is 10.4. The minimum Gasteiger partial charge on any atom is -0.384 e. The van der Waals surface area contributed by atoms with Crippen molar-refractivity contribution in [2.75, 3.05) is 11.9 Å². The van der Waals surface area contributed by atoms with Gasteiger partial charge in [-0.25, -0.2) is 10.2 Å².